The molecule has 158 valence electrons. The molecule has 0 aromatic heterocycles. The van der Waals surface area contributed by atoms with Crippen LogP contribution in [0.3, 0.4) is 0 Å². The highest BCUT2D eigenvalue weighted by Gasteiger charge is 2.09. The molecule has 0 bridgehead atoms. The minimum Gasteiger partial charge on any atom is -0.493 e. The summed E-state index contributed by atoms with van der Waals surface area (Å²) in [5.41, 5.74) is 2.11. The summed E-state index contributed by atoms with van der Waals surface area (Å²) in [6, 6.07) is 13.8. The first-order valence-electron chi connectivity index (χ1n) is 10.1. The summed E-state index contributed by atoms with van der Waals surface area (Å²) in [5, 5.41) is 2.98. The zero-order chi connectivity index (χ0) is 21.1. The Morgan fingerprint density at radius 3 is 2.55 bits per heavy atom. The lowest BCUT2D eigenvalue weighted by atomic mass is 10.1. The van der Waals surface area contributed by atoms with Gasteiger partial charge in [-0.3, -0.25) is 4.79 Å². The van der Waals surface area contributed by atoms with Gasteiger partial charge in [-0.05, 0) is 48.8 Å². The van der Waals surface area contributed by atoms with Gasteiger partial charge in [0.1, 0.15) is 6.61 Å². The van der Waals surface area contributed by atoms with Crippen LogP contribution in [0.5, 0.6) is 11.5 Å². The molecule has 0 unspecified atom stereocenters. The van der Waals surface area contributed by atoms with Crippen molar-refractivity contribution >= 4 is 21.8 Å². The van der Waals surface area contributed by atoms with Gasteiger partial charge in [-0.15, -0.1) is 0 Å². The Morgan fingerprint density at radius 2 is 1.86 bits per heavy atom. The monoisotopic (exact) mass is 462 g/mol. The van der Waals surface area contributed by atoms with E-state index in [-0.39, 0.29) is 5.91 Å². The third-order valence-corrected chi connectivity index (χ3v) is 5.63. The maximum atomic E-state index is 12.2. The number of aryl methyl sites for hydroxylation is 1. The van der Waals surface area contributed by atoms with E-state index in [9.17, 15) is 4.79 Å². The molecule has 2 aromatic carbocycles. The number of hydrogen-bond donors (Lipinski definition) is 1. The fourth-order valence-electron chi connectivity index (χ4n) is 3.00. The number of benzene rings is 2. The van der Waals surface area contributed by atoms with Crippen molar-refractivity contribution in [3.05, 3.63) is 58.1 Å². The lowest BCUT2D eigenvalue weighted by molar-refractivity contribution is -0.121. The molecule has 0 fully saturated rings. The van der Waals surface area contributed by atoms with Gasteiger partial charge in [0.25, 0.3) is 0 Å². The minimum atomic E-state index is 0.0271. The molecule has 0 saturated heterocycles. The first-order chi connectivity index (χ1) is 14.1. The highest BCUT2D eigenvalue weighted by atomic mass is 79.9. The zero-order valence-corrected chi connectivity index (χ0v) is 19.1. The average molecular weight is 463 g/mol. The summed E-state index contributed by atoms with van der Waals surface area (Å²) in [4.78, 5) is 14.5. The molecule has 5 nitrogen and oxygen atoms in total. The van der Waals surface area contributed by atoms with E-state index in [1.807, 2.05) is 42.5 Å². The third-order valence-electron chi connectivity index (χ3n) is 4.86. The number of carbonyl (C=O) groups excluding carboxylic acids is 1. The molecule has 2 rings (SSSR count). The van der Waals surface area contributed by atoms with Crippen molar-refractivity contribution in [2.75, 3.05) is 33.4 Å². The van der Waals surface area contributed by atoms with Gasteiger partial charge in [-0.2, -0.15) is 0 Å². The van der Waals surface area contributed by atoms with Gasteiger partial charge >= 0.3 is 0 Å². The predicted molar refractivity (Wildman–Crippen MR) is 121 cm³/mol. The summed E-state index contributed by atoms with van der Waals surface area (Å²) in [5.74, 6) is 1.44. The second kappa shape index (κ2) is 12.5. The minimum absolute atomic E-state index is 0.0271. The number of hydrogen-bond acceptors (Lipinski definition) is 4. The van der Waals surface area contributed by atoms with Gasteiger partial charge in [0.2, 0.25) is 5.91 Å². The molecule has 29 heavy (non-hydrogen) atoms. The standard InChI is InChI=1S/C23H31BrN2O3/c1-4-26(5-2)14-15-29-21-12-10-18(16-22(21)28-3)17-25-23(27)13-11-19-8-6-7-9-20(19)24/h6-10,12,16H,4-5,11,13-15,17H2,1-3H3,(H,25,27). The normalized spacial score (nSPS) is 10.8. The molecule has 0 heterocycles. The van der Waals surface area contributed by atoms with Crippen LogP contribution in [0.4, 0.5) is 0 Å². The Balaban J connectivity index is 1.83. The van der Waals surface area contributed by atoms with Gasteiger partial charge in [0, 0.05) is 24.0 Å². The molecule has 1 N–H and O–H groups in total. The van der Waals surface area contributed by atoms with E-state index in [4.69, 9.17) is 9.47 Å². The van der Waals surface area contributed by atoms with Crippen molar-refractivity contribution in [2.45, 2.75) is 33.2 Å². The molecular formula is C23H31BrN2O3. The van der Waals surface area contributed by atoms with Crippen molar-refractivity contribution in [2.24, 2.45) is 0 Å². The second-order valence-corrected chi connectivity index (χ2v) is 7.58. The third kappa shape index (κ3) is 7.71. The number of rotatable bonds is 12. The van der Waals surface area contributed by atoms with Crippen LogP contribution in [0, 0.1) is 0 Å². The van der Waals surface area contributed by atoms with E-state index < -0.39 is 0 Å². The number of nitrogens with one attached hydrogen (secondary N) is 1. The Hall–Kier alpha value is -2.05. The van der Waals surface area contributed by atoms with Crippen LogP contribution in [-0.4, -0.2) is 44.2 Å². The largest absolute Gasteiger partial charge is 0.493 e. The number of amides is 1. The fraction of sp³-hybridized carbons (Fsp3) is 0.435. The summed E-state index contributed by atoms with van der Waals surface area (Å²) < 4.78 is 12.4. The van der Waals surface area contributed by atoms with E-state index >= 15 is 0 Å². The summed E-state index contributed by atoms with van der Waals surface area (Å²) in [7, 11) is 1.63. The molecule has 1 amide bonds. The van der Waals surface area contributed by atoms with Gasteiger partial charge in [0.05, 0.1) is 7.11 Å². The van der Waals surface area contributed by atoms with Crippen molar-refractivity contribution in [1.29, 1.82) is 0 Å². The van der Waals surface area contributed by atoms with Crippen LogP contribution >= 0.6 is 15.9 Å². The predicted octanol–water partition coefficient (Wildman–Crippen LogP) is 4.43. The van der Waals surface area contributed by atoms with Crippen LogP contribution in [-0.2, 0) is 17.8 Å². The number of carbonyl (C=O) groups is 1. The maximum absolute atomic E-state index is 12.2. The van der Waals surface area contributed by atoms with Crippen LogP contribution in [0.1, 0.15) is 31.4 Å². The fourth-order valence-corrected chi connectivity index (χ4v) is 3.49. The van der Waals surface area contributed by atoms with E-state index in [1.54, 1.807) is 7.11 Å². The lowest BCUT2D eigenvalue weighted by Gasteiger charge is -2.19. The van der Waals surface area contributed by atoms with Gasteiger partial charge in [-0.25, -0.2) is 0 Å². The first kappa shape index (κ1) is 23.2. The zero-order valence-electron chi connectivity index (χ0n) is 17.5. The summed E-state index contributed by atoms with van der Waals surface area (Å²) >= 11 is 3.52. The van der Waals surface area contributed by atoms with Crippen LogP contribution in [0.25, 0.3) is 0 Å². The highest BCUT2D eigenvalue weighted by Crippen LogP contribution is 2.28. The maximum Gasteiger partial charge on any atom is 0.220 e. The van der Waals surface area contributed by atoms with Crippen LogP contribution in [0.15, 0.2) is 46.9 Å². The van der Waals surface area contributed by atoms with Crippen molar-refractivity contribution in [3.63, 3.8) is 0 Å². The molecule has 6 heteroatoms. The molecule has 2 aromatic rings. The number of methoxy groups -OCH3 is 1. The Labute approximate surface area is 182 Å². The molecule has 0 atom stereocenters. The van der Waals surface area contributed by atoms with Crippen LogP contribution < -0.4 is 14.8 Å². The van der Waals surface area contributed by atoms with E-state index in [1.165, 1.54) is 0 Å². The second-order valence-electron chi connectivity index (χ2n) is 6.73. The van der Waals surface area contributed by atoms with E-state index in [2.05, 4.69) is 40.0 Å². The van der Waals surface area contributed by atoms with Crippen molar-refractivity contribution < 1.29 is 14.3 Å². The quantitative estimate of drug-likeness (QED) is 0.506. The Kier molecular flexibility index (Phi) is 10.0. The molecule has 0 saturated carbocycles. The number of nitrogens with zero attached hydrogens (tertiary/aromatic N) is 1. The molecule has 0 aliphatic rings. The van der Waals surface area contributed by atoms with Crippen LogP contribution in [0.2, 0.25) is 0 Å². The van der Waals surface area contributed by atoms with E-state index in [0.29, 0.717) is 31.7 Å². The smallest absolute Gasteiger partial charge is 0.220 e. The number of halogens is 1. The summed E-state index contributed by atoms with van der Waals surface area (Å²) in [6.45, 7) is 8.27. The lowest BCUT2D eigenvalue weighted by Crippen LogP contribution is -2.28. The SMILES string of the molecule is CCN(CC)CCOc1ccc(CNC(=O)CCc2ccccc2Br)cc1OC. The number of ether oxygens (including phenoxy) is 2. The molecular weight excluding hydrogens is 432 g/mol. The number of likely N-dealkylation sites (N-methyl/N-ethyl adjacent to an activating group) is 1. The molecule has 0 aliphatic carbocycles. The topological polar surface area (TPSA) is 50.8 Å². The summed E-state index contributed by atoms with van der Waals surface area (Å²) in [6.07, 6.45) is 1.15. The highest BCUT2D eigenvalue weighted by molar-refractivity contribution is 9.10. The molecule has 0 aliphatic heterocycles. The van der Waals surface area contributed by atoms with Gasteiger partial charge < -0.3 is 19.7 Å². The van der Waals surface area contributed by atoms with Crippen molar-refractivity contribution in [3.8, 4) is 11.5 Å². The Bertz CT molecular complexity index is 778. The average Bonchev–Trinajstić information content (AvgIpc) is 2.75. The van der Waals surface area contributed by atoms with Gasteiger partial charge in [-0.1, -0.05) is 54.0 Å². The van der Waals surface area contributed by atoms with Crippen molar-refractivity contribution in [1.82, 2.24) is 10.2 Å². The Morgan fingerprint density at radius 1 is 1.10 bits per heavy atom. The first-order valence-corrected chi connectivity index (χ1v) is 10.9. The molecule has 0 spiro atoms. The molecule has 0 radical (unpaired) electrons. The van der Waals surface area contributed by atoms with E-state index in [0.717, 1.165) is 41.0 Å². The van der Waals surface area contributed by atoms with Gasteiger partial charge in [0.15, 0.2) is 11.5 Å².